The summed E-state index contributed by atoms with van der Waals surface area (Å²) in [6, 6.07) is 0.143. The summed E-state index contributed by atoms with van der Waals surface area (Å²) < 4.78 is 11.2. The first-order valence-electron chi connectivity index (χ1n) is 9.23. The van der Waals surface area contributed by atoms with Crippen molar-refractivity contribution in [2.24, 2.45) is 0 Å². The van der Waals surface area contributed by atoms with E-state index in [2.05, 4.69) is 4.98 Å². The second-order valence-electron chi connectivity index (χ2n) is 7.34. The number of morpholine rings is 1. The number of aromatic nitrogens is 1. The van der Waals surface area contributed by atoms with Crippen LogP contribution in [-0.2, 0) is 9.47 Å². The van der Waals surface area contributed by atoms with E-state index in [1.165, 1.54) is 0 Å². The number of H-pyrrole nitrogens is 1. The van der Waals surface area contributed by atoms with E-state index >= 15 is 0 Å². The van der Waals surface area contributed by atoms with Gasteiger partial charge < -0.3 is 19.4 Å². The second-order valence-corrected chi connectivity index (χ2v) is 7.34. The van der Waals surface area contributed by atoms with Gasteiger partial charge in [0.1, 0.15) is 5.69 Å². The topological polar surface area (TPSA) is 71.6 Å². The average molecular weight is 348 g/mol. The molecule has 0 aromatic carbocycles. The van der Waals surface area contributed by atoms with Crippen molar-refractivity contribution < 1.29 is 19.1 Å². The Morgan fingerprint density at radius 2 is 1.96 bits per heavy atom. The molecule has 2 aliphatic rings. The molecule has 1 saturated heterocycles. The lowest BCUT2D eigenvalue weighted by atomic mass is 9.90. The molecule has 1 aromatic heterocycles. The number of esters is 1. The zero-order chi connectivity index (χ0) is 18.1. The molecule has 6 nitrogen and oxygen atoms in total. The van der Waals surface area contributed by atoms with Gasteiger partial charge in [-0.3, -0.25) is 4.79 Å². The zero-order valence-electron chi connectivity index (χ0n) is 15.6. The minimum absolute atomic E-state index is 0.0376. The molecule has 0 radical (unpaired) electrons. The number of carbonyl (C=O) groups excluding carboxylic acids is 2. The predicted octanol–water partition coefficient (Wildman–Crippen LogP) is 2.98. The molecule has 1 amide bonds. The van der Waals surface area contributed by atoms with Crippen LogP contribution >= 0.6 is 0 Å². The van der Waals surface area contributed by atoms with Crippen LogP contribution < -0.4 is 0 Å². The minimum Gasteiger partial charge on any atom is -0.459 e. The lowest BCUT2D eigenvalue weighted by molar-refractivity contribution is -0.0754. The minimum atomic E-state index is -0.377. The normalized spacial score (nSPS) is 23.5. The number of aromatic amines is 1. The van der Waals surface area contributed by atoms with E-state index in [1.807, 2.05) is 32.6 Å². The summed E-state index contributed by atoms with van der Waals surface area (Å²) in [6.45, 7) is 8.43. The van der Waals surface area contributed by atoms with Crippen LogP contribution in [0.3, 0.4) is 0 Å². The first-order valence-corrected chi connectivity index (χ1v) is 9.23. The molecule has 6 heteroatoms. The summed E-state index contributed by atoms with van der Waals surface area (Å²) in [5, 5.41) is 0. The molecule has 1 N–H and O–H groups in total. The first kappa shape index (κ1) is 18.0. The van der Waals surface area contributed by atoms with Crippen molar-refractivity contribution in [3.05, 3.63) is 22.5 Å². The lowest BCUT2D eigenvalue weighted by Gasteiger charge is -2.43. The lowest BCUT2D eigenvalue weighted by Crippen LogP contribution is -2.55. The predicted molar refractivity (Wildman–Crippen MR) is 93.9 cm³/mol. The van der Waals surface area contributed by atoms with E-state index in [-0.39, 0.29) is 30.1 Å². The van der Waals surface area contributed by atoms with Gasteiger partial charge in [-0.1, -0.05) is 12.8 Å². The number of fused-ring (bicyclic) bond motifs is 1. The molecule has 25 heavy (non-hydrogen) atoms. The number of aryl methyl sites for hydroxylation is 1. The highest BCUT2D eigenvalue weighted by Crippen LogP contribution is 2.30. The van der Waals surface area contributed by atoms with Gasteiger partial charge in [0, 0.05) is 12.2 Å². The zero-order valence-corrected chi connectivity index (χ0v) is 15.6. The number of nitrogens with one attached hydrogen (secondary N) is 1. The molecular formula is C19H28N2O4. The molecule has 0 bridgehead atoms. The van der Waals surface area contributed by atoms with Crippen molar-refractivity contribution in [2.75, 3.05) is 13.2 Å². The number of hydrogen-bond donors (Lipinski definition) is 1. The van der Waals surface area contributed by atoms with E-state index < -0.39 is 0 Å². The van der Waals surface area contributed by atoms with E-state index in [0.29, 0.717) is 35.7 Å². The summed E-state index contributed by atoms with van der Waals surface area (Å²) in [6.07, 6.45) is 4.24. The molecule has 2 heterocycles. The molecule has 1 aliphatic heterocycles. The fourth-order valence-electron chi connectivity index (χ4n) is 4.04. The Morgan fingerprint density at radius 3 is 2.68 bits per heavy atom. The van der Waals surface area contributed by atoms with Crippen LogP contribution in [0.15, 0.2) is 0 Å². The number of amides is 1. The Balaban J connectivity index is 1.86. The number of rotatable bonds is 3. The Labute approximate surface area is 148 Å². The van der Waals surface area contributed by atoms with E-state index in [9.17, 15) is 9.59 Å². The quantitative estimate of drug-likeness (QED) is 0.853. The highest BCUT2D eigenvalue weighted by molar-refractivity contribution is 6.00. The molecule has 1 aliphatic carbocycles. The molecule has 2 fully saturated rings. The summed E-state index contributed by atoms with van der Waals surface area (Å²) in [5.41, 5.74) is 2.33. The highest BCUT2D eigenvalue weighted by atomic mass is 16.5. The van der Waals surface area contributed by atoms with E-state index in [1.54, 1.807) is 0 Å². The second kappa shape index (κ2) is 7.20. The third kappa shape index (κ3) is 3.45. The van der Waals surface area contributed by atoms with Crippen LogP contribution in [0.4, 0.5) is 0 Å². The number of carbonyl (C=O) groups is 2. The van der Waals surface area contributed by atoms with Gasteiger partial charge in [-0.15, -0.1) is 0 Å². The van der Waals surface area contributed by atoms with Crippen molar-refractivity contribution in [3.63, 3.8) is 0 Å². The van der Waals surface area contributed by atoms with Crippen LogP contribution in [-0.4, -0.2) is 53.2 Å². The maximum atomic E-state index is 13.2. The van der Waals surface area contributed by atoms with Gasteiger partial charge in [-0.05, 0) is 46.1 Å². The molecular weight excluding hydrogens is 320 g/mol. The Kier molecular flexibility index (Phi) is 5.18. The van der Waals surface area contributed by atoms with Crippen LogP contribution in [0.5, 0.6) is 0 Å². The summed E-state index contributed by atoms with van der Waals surface area (Å²) in [5.74, 6) is -0.415. The van der Waals surface area contributed by atoms with E-state index in [0.717, 1.165) is 25.7 Å². The van der Waals surface area contributed by atoms with E-state index in [4.69, 9.17) is 9.47 Å². The van der Waals surface area contributed by atoms with Crippen molar-refractivity contribution >= 4 is 11.9 Å². The summed E-state index contributed by atoms with van der Waals surface area (Å²) in [7, 11) is 0. The smallest absolute Gasteiger partial charge is 0.340 e. The van der Waals surface area contributed by atoms with Gasteiger partial charge >= 0.3 is 5.97 Å². The standard InChI is InChI=1S/C19H28N2O4/c1-11(2)25-19(23)16-12(3)17(20-13(16)4)18(22)21-9-10-24-15-8-6-5-7-14(15)21/h11,14-15,20H,5-10H2,1-4H3/t14-,15+/m1/s1. The third-order valence-electron chi connectivity index (χ3n) is 5.19. The molecule has 1 aromatic rings. The molecule has 2 atom stereocenters. The Hall–Kier alpha value is -1.82. The fourth-order valence-corrected chi connectivity index (χ4v) is 4.04. The van der Waals surface area contributed by atoms with Gasteiger partial charge in [-0.2, -0.15) is 0 Å². The van der Waals surface area contributed by atoms with Crippen LogP contribution in [0.25, 0.3) is 0 Å². The SMILES string of the molecule is Cc1[nH]c(C(=O)N2CCO[C@H]3CCCC[C@H]32)c(C)c1C(=O)OC(C)C. The number of hydrogen-bond acceptors (Lipinski definition) is 4. The Morgan fingerprint density at radius 1 is 1.24 bits per heavy atom. The maximum absolute atomic E-state index is 13.2. The van der Waals surface area contributed by atoms with Gasteiger partial charge in [0.15, 0.2) is 0 Å². The van der Waals surface area contributed by atoms with Gasteiger partial charge in [0.05, 0.1) is 30.4 Å². The van der Waals surface area contributed by atoms with Crippen molar-refractivity contribution in [1.82, 2.24) is 9.88 Å². The van der Waals surface area contributed by atoms with Gasteiger partial charge in [0.2, 0.25) is 0 Å². The van der Waals surface area contributed by atoms with Crippen LogP contribution in [0.2, 0.25) is 0 Å². The summed E-state index contributed by atoms with van der Waals surface area (Å²) >= 11 is 0. The molecule has 1 saturated carbocycles. The van der Waals surface area contributed by atoms with Crippen molar-refractivity contribution in [2.45, 2.75) is 71.6 Å². The molecule has 3 rings (SSSR count). The van der Waals surface area contributed by atoms with Gasteiger partial charge in [-0.25, -0.2) is 4.79 Å². The third-order valence-corrected chi connectivity index (χ3v) is 5.19. The number of nitrogens with zero attached hydrogens (tertiary/aromatic N) is 1. The Bertz CT molecular complexity index is 663. The molecule has 0 unspecified atom stereocenters. The van der Waals surface area contributed by atoms with Gasteiger partial charge in [0.25, 0.3) is 5.91 Å². The van der Waals surface area contributed by atoms with Crippen molar-refractivity contribution in [3.8, 4) is 0 Å². The highest BCUT2D eigenvalue weighted by Gasteiger charge is 2.38. The van der Waals surface area contributed by atoms with Crippen molar-refractivity contribution in [1.29, 1.82) is 0 Å². The molecule has 138 valence electrons. The van der Waals surface area contributed by atoms with Crippen LogP contribution in [0.1, 0.15) is 71.6 Å². The number of ether oxygens (including phenoxy) is 2. The average Bonchev–Trinajstić information content (AvgIpc) is 2.87. The van der Waals surface area contributed by atoms with Crippen LogP contribution in [0, 0.1) is 13.8 Å². The fraction of sp³-hybridized carbons (Fsp3) is 0.684. The monoisotopic (exact) mass is 348 g/mol. The first-order chi connectivity index (χ1) is 11.9. The summed E-state index contributed by atoms with van der Waals surface area (Å²) in [4.78, 5) is 30.6. The maximum Gasteiger partial charge on any atom is 0.340 e. The largest absolute Gasteiger partial charge is 0.459 e. The molecule has 0 spiro atoms.